The van der Waals surface area contributed by atoms with Gasteiger partial charge in [-0.1, -0.05) is 25.4 Å². The third-order valence-electron chi connectivity index (χ3n) is 3.11. The summed E-state index contributed by atoms with van der Waals surface area (Å²) in [6.45, 7) is 4.31. The zero-order valence-corrected chi connectivity index (χ0v) is 11.7. The minimum atomic E-state index is -0.495. The van der Waals surface area contributed by atoms with Crippen molar-refractivity contribution in [2.24, 2.45) is 5.92 Å². The van der Waals surface area contributed by atoms with Crippen molar-refractivity contribution in [3.8, 4) is 0 Å². The molecule has 0 aliphatic heterocycles. The summed E-state index contributed by atoms with van der Waals surface area (Å²) in [5.41, 5.74) is 1.38. The van der Waals surface area contributed by atoms with E-state index in [1.54, 1.807) is 6.07 Å². The molecule has 1 atom stereocenters. The number of halogens is 2. The van der Waals surface area contributed by atoms with E-state index >= 15 is 0 Å². The fourth-order valence-electron chi connectivity index (χ4n) is 1.98. The first-order valence-electron chi connectivity index (χ1n) is 6.25. The van der Waals surface area contributed by atoms with Gasteiger partial charge in [-0.05, 0) is 35.7 Å². The highest BCUT2D eigenvalue weighted by molar-refractivity contribution is 6.30. The molecule has 0 amide bonds. The van der Waals surface area contributed by atoms with Gasteiger partial charge in [0.2, 0.25) is 0 Å². The standard InChI is InChI=1S/C15H17ClFNO/c1-10(2)15(19)11-5-6-18(8-11)9-12-7-13(16)3-4-14(12)17/h3-8,10,15,19H,9H2,1-2H3. The van der Waals surface area contributed by atoms with E-state index < -0.39 is 6.10 Å². The Balaban J connectivity index is 2.18. The normalized spacial score (nSPS) is 12.9. The quantitative estimate of drug-likeness (QED) is 0.900. The van der Waals surface area contributed by atoms with Gasteiger partial charge in [0.1, 0.15) is 5.82 Å². The summed E-state index contributed by atoms with van der Waals surface area (Å²) in [6, 6.07) is 6.37. The van der Waals surface area contributed by atoms with Crippen molar-refractivity contribution >= 4 is 11.6 Å². The van der Waals surface area contributed by atoms with Crippen molar-refractivity contribution < 1.29 is 9.50 Å². The molecule has 1 N–H and O–H groups in total. The first kappa shape index (κ1) is 14.1. The Bertz CT molecular complexity index is 565. The van der Waals surface area contributed by atoms with E-state index in [4.69, 9.17) is 11.6 Å². The average Bonchev–Trinajstić information content (AvgIpc) is 2.81. The number of hydrogen-bond donors (Lipinski definition) is 1. The molecule has 0 aliphatic carbocycles. The predicted molar refractivity (Wildman–Crippen MR) is 74.7 cm³/mol. The van der Waals surface area contributed by atoms with Crippen LogP contribution in [0.1, 0.15) is 31.1 Å². The Morgan fingerprint density at radius 3 is 2.74 bits per heavy atom. The van der Waals surface area contributed by atoms with Crippen LogP contribution in [-0.2, 0) is 6.54 Å². The highest BCUT2D eigenvalue weighted by atomic mass is 35.5. The summed E-state index contributed by atoms with van der Waals surface area (Å²) in [7, 11) is 0. The van der Waals surface area contributed by atoms with Gasteiger partial charge in [0, 0.05) is 29.5 Å². The van der Waals surface area contributed by atoms with Crippen LogP contribution in [0, 0.1) is 11.7 Å². The molecule has 0 radical (unpaired) electrons. The molecule has 2 nitrogen and oxygen atoms in total. The number of rotatable bonds is 4. The van der Waals surface area contributed by atoms with E-state index in [1.165, 1.54) is 12.1 Å². The molecule has 1 aromatic carbocycles. The van der Waals surface area contributed by atoms with Crippen molar-refractivity contribution in [1.29, 1.82) is 0 Å². The lowest BCUT2D eigenvalue weighted by Crippen LogP contribution is -2.05. The lowest BCUT2D eigenvalue weighted by molar-refractivity contribution is 0.127. The molecule has 0 saturated heterocycles. The summed E-state index contributed by atoms with van der Waals surface area (Å²) in [5.74, 6) is -0.122. The van der Waals surface area contributed by atoms with Crippen LogP contribution >= 0.6 is 11.6 Å². The van der Waals surface area contributed by atoms with Crippen LogP contribution in [0.15, 0.2) is 36.7 Å². The summed E-state index contributed by atoms with van der Waals surface area (Å²) < 4.78 is 15.5. The molecule has 0 saturated carbocycles. The molecule has 0 spiro atoms. The van der Waals surface area contributed by atoms with Crippen LogP contribution in [0.3, 0.4) is 0 Å². The Labute approximate surface area is 117 Å². The van der Waals surface area contributed by atoms with E-state index in [9.17, 15) is 9.50 Å². The predicted octanol–water partition coefficient (Wildman–Crippen LogP) is 4.02. The Morgan fingerprint density at radius 2 is 2.05 bits per heavy atom. The summed E-state index contributed by atoms with van der Waals surface area (Å²) in [6.07, 6.45) is 3.18. The molecule has 1 aromatic heterocycles. The molecule has 4 heteroatoms. The molecule has 1 heterocycles. The van der Waals surface area contributed by atoms with Crippen molar-refractivity contribution in [3.05, 3.63) is 58.6 Å². The first-order chi connectivity index (χ1) is 8.97. The minimum Gasteiger partial charge on any atom is -0.388 e. The first-order valence-corrected chi connectivity index (χ1v) is 6.63. The number of aliphatic hydroxyl groups excluding tert-OH is 1. The van der Waals surface area contributed by atoms with Gasteiger partial charge in [0.15, 0.2) is 0 Å². The Hall–Kier alpha value is -1.32. The highest BCUT2D eigenvalue weighted by Gasteiger charge is 2.13. The number of hydrogen-bond acceptors (Lipinski definition) is 1. The second-order valence-electron chi connectivity index (χ2n) is 5.04. The van der Waals surface area contributed by atoms with Gasteiger partial charge in [0.05, 0.1) is 6.10 Å². The topological polar surface area (TPSA) is 25.2 Å². The van der Waals surface area contributed by atoms with E-state index in [1.807, 2.05) is 36.9 Å². The molecule has 1 unspecified atom stereocenters. The van der Waals surface area contributed by atoms with Gasteiger partial charge in [-0.25, -0.2) is 4.39 Å². The lowest BCUT2D eigenvalue weighted by Gasteiger charge is -2.12. The van der Waals surface area contributed by atoms with Gasteiger partial charge in [0.25, 0.3) is 0 Å². The van der Waals surface area contributed by atoms with Gasteiger partial charge in [-0.2, -0.15) is 0 Å². The van der Waals surface area contributed by atoms with E-state index in [-0.39, 0.29) is 11.7 Å². The molecule has 0 aliphatic rings. The summed E-state index contributed by atoms with van der Waals surface area (Å²) >= 11 is 5.86. The summed E-state index contributed by atoms with van der Waals surface area (Å²) in [4.78, 5) is 0. The van der Waals surface area contributed by atoms with E-state index in [0.717, 1.165) is 5.56 Å². The van der Waals surface area contributed by atoms with Gasteiger partial charge in [-0.3, -0.25) is 0 Å². The average molecular weight is 282 g/mol. The monoisotopic (exact) mass is 281 g/mol. The molecule has 0 fully saturated rings. The fraction of sp³-hybridized carbons (Fsp3) is 0.333. The SMILES string of the molecule is CC(C)C(O)c1ccn(Cc2cc(Cl)ccc2F)c1. The Kier molecular flexibility index (Phi) is 4.27. The zero-order chi connectivity index (χ0) is 14.0. The van der Waals surface area contributed by atoms with Crippen LogP contribution in [0.5, 0.6) is 0 Å². The third kappa shape index (κ3) is 3.37. The second-order valence-corrected chi connectivity index (χ2v) is 5.48. The minimum absolute atomic E-state index is 0.152. The van der Waals surface area contributed by atoms with Crippen LogP contribution < -0.4 is 0 Å². The fourth-order valence-corrected chi connectivity index (χ4v) is 2.17. The number of aliphatic hydroxyl groups is 1. The number of nitrogens with zero attached hydrogens (tertiary/aromatic N) is 1. The van der Waals surface area contributed by atoms with Gasteiger partial charge < -0.3 is 9.67 Å². The van der Waals surface area contributed by atoms with Crippen molar-refractivity contribution in [3.63, 3.8) is 0 Å². The van der Waals surface area contributed by atoms with Gasteiger partial charge in [-0.15, -0.1) is 0 Å². The molecule has 2 aromatic rings. The highest BCUT2D eigenvalue weighted by Crippen LogP contribution is 2.22. The maximum atomic E-state index is 13.6. The molecule has 102 valence electrons. The number of benzene rings is 1. The van der Waals surface area contributed by atoms with Crippen LogP contribution in [0.2, 0.25) is 5.02 Å². The maximum absolute atomic E-state index is 13.6. The Morgan fingerprint density at radius 1 is 1.32 bits per heavy atom. The van der Waals surface area contributed by atoms with E-state index in [2.05, 4.69) is 0 Å². The number of aromatic nitrogens is 1. The third-order valence-corrected chi connectivity index (χ3v) is 3.34. The van der Waals surface area contributed by atoms with Crippen molar-refractivity contribution in [1.82, 2.24) is 4.57 Å². The zero-order valence-electron chi connectivity index (χ0n) is 11.0. The van der Waals surface area contributed by atoms with Crippen LogP contribution in [0.25, 0.3) is 0 Å². The molecule has 2 rings (SSSR count). The van der Waals surface area contributed by atoms with Crippen LogP contribution in [0.4, 0.5) is 4.39 Å². The smallest absolute Gasteiger partial charge is 0.128 e. The van der Waals surface area contributed by atoms with Crippen molar-refractivity contribution in [2.75, 3.05) is 0 Å². The second kappa shape index (κ2) is 5.76. The lowest BCUT2D eigenvalue weighted by atomic mass is 10.0. The maximum Gasteiger partial charge on any atom is 0.128 e. The molecular weight excluding hydrogens is 265 g/mol. The van der Waals surface area contributed by atoms with E-state index in [0.29, 0.717) is 17.1 Å². The summed E-state index contributed by atoms with van der Waals surface area (Å²) in [5, 5.41) is 10.5. The van der Waals surface area contributed by atoms with Crippen molar-refractivity contribution in [2.45, 2.75) is 26.5 Å². The molecule has 0 bridgehead atoms. The molecular formula is C15H17ClFNO. The largest absolute Gasteiger partial charge is 0.388 e. The molecule has 19 heavy (non-hydrogen) atoms. The van der Waals surface area contributed by atoms with Crippen LogP contribution in [-0.4, -0.2) is 9.67 Å². The van der Waals surface area contributed by atoms with Gasteiger partial charge >= 0.3 is 0 Å².